The molecule has 1 aromatic heterocycles. The summed E-state index contributed by atoms with van der Waals surface area (Å²) >= 11 is 6.04. The van der Waals surface area contributed by atoms with E-state index in [9.17, 15) is 0 Å². The summed E-state index contributed by atoms with van der Waals surface area (Å²) in [4.78, 5) is 10.7. The molecule has 0 atom stereocenters. The number of rotatable bonds is 7. The Bertz CT molecular complexity index is 665. The Labute approximate surface area is 149 Å². The first-order chi connectivity index (χ1) is 11.6. The van der Waals surface area contributed by atoms with E-state index >= 15 is 0 Å². The molecule has 0 saturated heterocycles. The summed E-state index contributed by atoms with van der Waals surface area (Å²) in [7, 11) is 3.84. The largest absolute Gasteiger partial charge is 0.356 e. The van der Waals surface area contributed by atoms with Gasteiger partial charge in [-0.3, -0.25) is 4.99 Å². The van der Waals surface area contributed by atoms with Gasteiger partial charge in [0.1, 0.15) is 5.82 Å². The van der Waals surface area contributed by atoms with Gasteiger partial charge in [-0.25, -0.2) is 4.98 Å². The van der Waals surface area contributed by atoms with Gasteiger partial charge in [0.25, 0.3) is 0 Å². The maximum absolute atomic E-state index is 6.04. The molecule has 0 fully saturated rings. The first-order valence-electron chi connectivity index (χ1n) is 8.24. The molecule has 24 heavy (non-hydrogen) atoms. The standard InChI is InChI=1S/C18H26ClN5/c1-15-21-10-12-24(15)11-5-4-9-22-18(20-2)23(3)14-16-7-6-8-17(19)13-16/h6-8,10,12-13H,4-5,9,11,14H2,1-3H3,(H,20,22). The molecule has 1 N–H and O–H groups in total. The number of guanidine groups is 1. The van der Waals surface area contributed by atoms with Gasteiger partial charge in [0, 0.05) is 51.1 Å². The molecule has 1 heterocycles. The van der Waals surface area contributed by atoms with Crippen LogP contribution < -0.4 is 5.32 Å². The second kappa shape index (κ2) is 9.33. The van der Waals surface area contributed by atoms with E-state index in [1.54, 1.807) is 0 Å². The van der Waals surface area contributed by atoms with Gasteiger partial charge in [-0.2, -0.15) is 0 Å². The highest BCUT2D eigenvalue weighted by atomic mass is 35.5. The molecule has 0 unspecified atom stereocenters. The molecule has 0 saturated carbocycles. The lowest BCUT2D eigenvalue weighted by molar-refractivity contribution is 0.473. The minimum absolute atomic E-state index is 0.763. The van der Waals surface area contributed by atoms with Crippen molar-refractivity contribution < 1.29 is 0 Å². The van der Waals surface area contributed by atoms with E-state index < -0.39 is 0 Å². The van der Waals surface area contributed by atoms with E-state index in [1.165, 1.54) is 5.56 Å². The number of hydrogen-bond donors (Lipinski definition) is 1. The van der Waals surface area contributed by atoms with Crippen LogP contribution in [-0.2, 0) is 13.1 Å². The maximum atomic E-state index is 6.04. The second-order valence-corrected chi connectivity index (χ2v) is 6.27. The van der Waals surface area contributed by atoms with Crippen LogP contribution in [0.15, 0.2) is 41.7 Å². The molecule has 6 heteroatoms. The molecule has 0 amide bonds. The molecule has 0 spiro atoms. The molecule has 0 radical (unpaired) electrons. The van der Waals surface area contributed by atoms with Crippen LogP contribution in [-0.4, -0.2) is 41.1 Å². The first kappa shape index (κ1) is 18.3. The smallest absolute Gasteiger partial charge is 0.193 e. The Morgan fingerprint density at radius 3 is 2.88 bits per heavy atom. The minimum Gasteiger partial charge on any atom is -0.356 e. The van der Waals surface area contributed by atoms with E-state index in [0.29, 0.717) is 0 Å². The fourth-order valence-electron chi connectivity index (χ4n) is 2.62. The fraction of sp³-hybridized carbons (Fsp3) is 0.444. The number of aromatic nitrogens is 2. The van der Waals surface area contributed by atoms with Crippen LogP contribution in [0, 0.1) is 6.92 Å². The second-order valence-electron chi connectivity index (χ2n) is 5.83. The van der Waals surface area contributed by atoms with Gasteiger partial charge in [-0.1, -0.05) is 23.7 Å². The molecular formula is C18H26ClN5. The van der Waals surface area contributed by atoms with Crippen molar-refractivity contribution in [3.05, 3.63) is 53.1 Å². The third-order valence-corrected chi connectivity index (χ3v) is 4.15. The van der Waals surface area contributed by atoms with E-state index in [0.717, 1.165) is 49.3 Å². The number of hydrogen-bond acceptors (Lipinski definition) is 2. The summed E-state index contributed by atoms with van der Waals surface area (Å²) in [5.74, 6) is 1.97. The van der Waals surface area contributed by atoms with Gasteiger partial charge >= 0.3 is 0 Å². The Hall–Kier alpha value is -2.01. The van der Waals surface area contributed by atoms with Crippen molar-refractivity contribution in [2.45, 2.75) is 32.9 Å². The van der Waals surface area contributed by atoms with Gasteiger partial charge in [0.15, 0.2) is 5.96 Å². The Balaban J connectivity index is 1.72. The summed E-state index contributed by atoms with van der Waals surface area (Å²) in [6.07, 6.45) is 6.07. The van der Waals surface area contributed by atoms with Crippen LogP contribution in [0.2, 0.25) is 5.02 Å². The van der Waals surface area contributed by atoms with Crippen LogP contribution >= 0.6 is 11.6 Å². The molecular weight excluding hydrogens is 322 g/mol. The topological polar surface area (TPSA) is 45.5 Å². The molecule has 5 nitrogen and oxygen atoms in total. The lowest BCUT2D eigenvalue weighted by Gasteiger charge is -2.22. The van der Waals surface area contributed by atoms with Crippen molar-refractivity contribution in [3.63, 3.8) is 0 Å². The molecule has 1 aromatic carbocycles. The third-order valence-electron chi connectivity index (χ3n) is 3.91. The number of aryl methyl sites for hydroxylation is 2. The average Bonchev–Trinajstić information content (AvgIpc) is 2.96. The van der Waals surface area contributed by atoms with Gasteiger partial charge in [0.2, 0.25) is 0 Å². The van der Waals surface area contributed by atoms with Crippen molar-refractivity contribution in [1.29, 1.82) is 0 Å². The third kappa shape index (κ3) is 5.57. The van der Waals surface area contributed by atoms with Crippen LogP contribution in [0.1, 0.15) is 24.2 Å². The summed E-state index contributed by atoms with van der Waals surface area (Å²) in [6, 6.07) is 7.92. The van der Waals surface area contributed by atoms with E-state index in [-0.39, 0.29) is 0 Å². The summed E-state index contributed by atoms with van der Waals surface area (Å²) in [5.41, 5.74) is 1.17. The van der Waals surface area contributed by atoms with Crippen molar-refractivity contribution in [2.24, 2.45) is 4.99 Å². The zero-order valence-corrected chi connectivity index (χ0v) is 15.4. The Kier molecular flexibility index (Phi) is 7.12. The Morgan fingerprint density at radius 1 is 1.38 bits per heavy atom. The lowest BCUT2D eigenvalue weighted by Crippen LogP contribution is -2.38. The zero-order chi connectivity index (χ0) is 17.4. The van der Waals surface area contributed by atoms with Gasteiger partial charge in [-0.15, -0.1) is 0 Å². The number of aliphatic imine (C=N–C) groups is 1. The fourth-order valence-corrected chi connectivity index (χ4v) is 2.83. The van der Waals surface area contributed by atoms with Crippen LogP contribution in [0.4, 0.5) is 0 Å². The summed E-state index contributed by atoms with van der Waals surface area (Å²) in [5, 5.41) is 4.18. The molecule has 0 bridgehead atoms. The quantitative estimate of drug-likeness (QED) is 0.474. The summed E-state index contributed by atoms with van der Waals surface area (Å²) < 4.78 is 2.18. The minimum atomic E-state index is 0.763. The van der Waals surface area contributed by atoms with Crippen molar-refractivity contribution in [3.8, 4) is 0 Å². The molecule has 0 aliphatic rings. The first-order valence-corrected chi connectivity index (χ1v) is 8.62. The highest BCUT2D eigenvalue weighted by molar-refractivity contribution is 6.30. The molecule has 130 valence electrons. The van der Waals surface area contributed by atoms with Crippen molar-refractivity contribution >= 4 is 17.6 Å². The lowest BCUT2D eigenvalue weighted by atomic mass is 10.2. The van der Waals surface area contributed by atoms with E-state index in [4.69, 9.17) is 11.6 Å². The van der Waals surface area contributed by atoms with Gasteiger partial charge < -0.3 is 14.8 Å². The summed E-state index contributed by atoms with van der Waals surface area (Å²) in [6.45, 7) is 4.71. The molecule has 2 rings (SSSR count). The van der Waals surface area contributed by atoms with Crippen molar-refractivity contribution in [1.82, 2.24) is 19.8 Å². The predicted octanol–water partition coefficient (Wildman–Crippen LogP) is 3.33. The molecule has 2 aromatic rings. The number of nitrogens with one attached hydrogen (secondary N) is 1. The Morgan fingerprint density at radius 2 is 2.21 bits per heavy atom. The normalized spacial score (nSPS) is 11.6. The van der Waals surface area contributed by atoms with Crippen LogP contribution in [0.3, 0.4) is 0 Å². The SMILES string of the molecule is CN=C(NCCCCn1ccnc1C)N(C)Cc1cccc(Cl)c1. The molecule has 0 aliphatic carbocycles. The number of imidazole rings is 1. The number of halogens is 1. The maximum Gasteiger partial charge on any atom is 0.193 e. The predicted molar refractivity (Wildman–Crippen MR) is 100 cm³/mol. The number of unbranched alkanes of at least 4 members (excludes halogenated alkanes) is 1. The van der Waals surface area contributed by atoms with E-state index in [2.05, 4.69) is 30.8 Å². The molecule has 0 aliphatic heterocycles. The monoisotopic (exact) mass is 347 g/mol. The highest BCUT2D eigenvalue weighted by Gasteiger charge is 2.06. The van der Waals surface area contributed by atoms with Crippen LogP contribution in [0.5, 0.6) is 0 Å². The van der Waals surface area contributed by atoms with Gasteiger partial charge in [0.05, 0.1) is 0 Å². The number of nitrogens with zero attached hydrogens (tertiary/aromatic N) is 4. The zero-order valence-electron chi connectivity index (χ0n) is 14.7. The number of benzene rings is 1. The van der Waals surface area contributed by atoms with E-state index in [1.807, 2.05) is 51.6 Å². The van der Waals surface area contributed by atoms with Crippen LogP contribution in [0.25, 0.3) is 0 Å². The van der Waals surface area contributed by atoms with Crippen molar-refractivity contribution in [2.75, 3.05) is 20.6 Å². The average molecular weight is 348 g/mol. The highest BCUT2D eigenvalue weighted by Crippen LogP contribution is 2.12. The van der Waals surface area contributed by atoms with Gasteiger partial charge in [-0.05, 0) is 37.5 Å².